The molecule has 5 heteroatoms. The number of alkyl halides is 2. The van der Waals surface area contributed by atoms with E-state index in [-0.39, 0.29) is 13.0 Å². The fourth-order valence-electron chi connectivity index (χ4n) is 1.63. The quantitative estimate of drug-likeness (QED) is 0.745. The van der Waals surface area contributed by atoms with Gasteiger partial charge in [-0.25, -0.2) is 8.78 Å². The second-order valence-electron chi connectivity index (χ2n) is 3.46. The third kappa shape index (κ3) is 1.62. The molecule has 2 N–H and O–H groups in total. The topological polar surface area (TPSA) is 42.1 Å². The third-order valence-corrected chi connectivity index (χ3v) is 2.34. The number of nitrogens with two attached hydrogens (primary N) is 1. The number of pyridine rings is 1. The number of hydrogen-bond acceptors (Lipinski definition) is 3. The van der Waals surface area contributed by atoms with Crippen LogP contribution in [0.25, 0.3) is 0 Å². The lowest BCUT2D eigenvalue weighted by atomic mass is 10.3. The van der Waals surface area contributed by atoms with Crippen molar-refractivity contribution in [3.63, 3.8) is 0 Å². The molecule has 0 aromatic carbocycles. The van der Waals surface area contributed by atoms with Crippen LogP contribution in [-0.4, -0.2) is 24.0 Å². The summed E-state index contributed by atoms with van der Waals surface area (Å²) in [6.45, 7) is 0.0996. The van der Waals surface area contributed by atoms with E-state index in [1.807, 2.05) is 0 Å². The number of anilines is 2. The maximum atomic E-state index is 12.9. The molecule has 0 saturated carbocycles. The maximum absolute atomic E-state index is 12.9. The van der Waals surface area contributed by atoms with E-state index in [2.05, 4.69) is 4.98 Å². The average Bonchev–Trinajstić information content (AvgIpc) is 2.47. The predicted molar refractivity (Wildman–Crippen MR) is 50.4 cm³/mol. The Bertz CT molecular complexity index is 341. The van der Waals surface area contributed by atoms with Crippen LogP contribution < -0.4 is 10.6 Å². The first-order valence-corrected chi connectivity index (χ1v) is 4.41. The molecule has 2 heterocycles. The Morgan fingerprint density at radius 2 is 2.29 bits per heavy atom. The zero-order valence-corrected chi connectivity index (χ0v) is 7.58. The first-order chi connectivity index (χ1) is 6.58. The highest BCUT2D eigenvalue weighted by Gasteiger charge is 2.38. The molecule has 2 rings (SSSR count). The second kappa shape index (κ2) is 3.08. The van der Waals surface area contributed by atoms with Crippen molar-refractivity contribution in [2.45, 2.75) is 12.3 Å². The molecule has 0 aliphatic carbocycles. The Hall–Kier alpha value is -1.39. The number of hydrogen-bond donors (Lipinski definition) is 1. The average molecular weight is 199 g/mol. The fourth-order valence-corrected chi connectivity index (χ4v) is 1.63. The summed E-state index contributed by atoms with van der Waals surface area (Å²) < 4.78 is 25.8. The molecule has 0 unspecified atom stereocenters. The molecular formula is C9H11F2N3. The van der Waals surface area contributed by atoms with E-state index in [0.29, 0.717) is 17.9 Å². The van der Waals surface area contributed by atoms with E-state index in [9.17, 15) is 8.78 Å². The summed E-state index contributed by atoms with van der Waals surface area (Å²) in [6.07, 6.45) is 2.93. The minimum absolute atomic E-state index is 0.102. The van der Waals surface area contributed by atoms with Crippen LogP contribution in [0.4, 0.5) is 20.2 Å². The van der Waals surface area contributed by atoms with Crippen LogP contribution in [0.1, 0.15) is 6.42 Å². The molecule has 1 aromatic rings. The van der Waals surface area contributed by atoms with Gasteiger partial charge in [-0.3, -0.25) is 4.98 Å². The highest BCUT2D eigenvalue weighted by Crippen LogP contribution is 2.32. The van der Waals surface area contributed by atoms with E-state index >= 15 is 0 Å². The number of nitrogen functional groups attached to an aromatic ring is 1. The van der Waals surface area contributed by atoms with Crippen LogP contribution in [0, 0.1) is 0 Å². The molecule has 3 nitrogen and oxygen atoms in total. The molecule has 14 heavy (non-hydrogen) atoms. The van der Waals surface area contributed by atoms with Gasteiger partial charge in [0.05, 0.1) is 24.1 Å². The Kier molecular flexibility index (Phi) is 2.02. The Balaban J connectivity index is 2.22. The molecule has 0 atom stereocenters. The third-order valence-electron chi connectivity index (χ3n) is 2.34. The van der Waals surface area contributed by atoms with Gasteiger partial charge in [0.1, 0.15) is 0 Å². The summed E-state index contributed by atoms with van der Waals surface area (Å²) >= 11 is 0. The lowest BCUT2D eigenvalue weighted by molar-refractivity contribution is 0.0257. The Morgan fingerprint density at radius 1 is 1.50 bits per heavy atom. The van der Waals surface area contributed by atoms with E-state index in [1.165, 1.54) is 6.20 Å². The first-order valence-electron chi connectivity index (χ1n) is 4.41. The van der Waals surface area contributed by atoms with Crippen LogP contribution in [0.5, 0.6) is 0 Å². The molecule has 1 aliphatic rings. The van der Waals surface area contributed by atoms with Gasteiger partial charge in [0.2, 0.25) is 0 Å². The van der Waals surface area contributed by atoms with Gasteiger partial charge in [0, 0.05) is 19.2 Å². The largest absolute Gasteiger partial charge is 0.396 e. The van der Waals surface area contributed by atoms with Gasteiger partial charge in [0.25, 0.3) is 5.92 Å². The fraction of sp³-hybridized carbons (Fsp3) is 0.444. The smallest absolute Gasteiger partial charge is 0.266 e. The molecule has 0 bridgehead atoms. The number of halogens is 2. The summed E-state index contributed by atoms with van der Waals surface area (Å²) in [5, 5.41) is 0. The Labute approximate surface area is 80.5 Å². The molecule has 0 radical (unpaired) electrons. The van der Waals surface area contributed by atoms with Crippen molar-refractivity contribution < 1.29 is 8.78 Å². The van der Waals surface area contributed by atoms with Crippen LogP contribution in [0.2, 0.25) is 0 Å². The van der Waals surface area contributed by atoms with Gasteiger partial charge < -0.3 is 10.6 Å². The predicted octanol–water partition coefficient (Wildman–Crippen LogP) is 1.51. The van der Waals surface area contributed by atoms with Gasteiger partial charge >= 0.3 is 0 Å². The molecule has 0 amide bonds. The SMILES string of the molecule is Nc1cnccc1N1CCC(F)(F)C1. The highest BCUT2D eigenvalue weighted by atomic mass is 19.3. The minimum atomic E-state index is -2.59. The van der Waals surface area contributed by atoms with Crippen molar-refractivity contribution in [2.75, 3.05) is 23.7 Å². The highest BCUT2D eigenvalue weighted by molar-refractivity contribution is 5.66. The summed E-state index contributed by atoms with van der Waals surface area (Å²) in [4.78, 5) is 5.41. The second-order valence-corrected chi connectivity index (χ2v) is 3.46. The van der Waals surface area contributed by atoms with Crippen LogP contribution >= 0.6 is 0 Å². The van der Waals surface area contributed by atoms with Crippen molar-refractivity contribution in [1.29, 1.82) is 0 Å². The number of rotatable bonds is 1. The molecule has 1 aromatic heterocycles. The van der Waals surface area contributed by atoms with Crippen molar-refractivity contribution in [2.24, 2.45) is 0 Å². The van der Waals surface area contributed by atoms with Gasteiger partial charge in [-0.2, -0.15) is 0 Å². The lowest BCUT2D eigenvalue weighted by Crippen LogP contribution is -2.25. The van der Waals surface area contributed by atoms with Gasteiger partial charge in [-0.15, -0.1) is 0 Å². The maximum Gasteiger partial charge on any atom is 0.266 e. The number of nitrogens with zero attached hydrogens (tertiary/aromatic N) is 2. The van der Waals surface area contributed by atoms with Crippen molar-refractivity contribution in [3.05, 3.63) is 18.5 Å². The zero-order valence-electron chi connectivity index (χ0n) is 7.58. The summed E-state index contributed by atoms with van der Waals surface area (Å²) in [7, 11) is 0. The van der Waals surface area contributed by atoms with Crippen molar-refractivity contribution >= 4 is 11.4 Å². The van der Waals surface area contributed by atoms with Crippen LogP contribution in [0.15, 0.2) is 18.5 Å². The molecule has 1 aliphatic heterocycles. The monoisotopic (exact) mass is 199 g/mol. The minimum Gasteiger partial charge on any atom is -0.396 e. The van der Waals surface area contributed by atoms with Crippen LogP contribution in [-0.2, 0) is 0 Å². The lowest BCUT2D eigenvalue weighted by Gasteiger charge is -2.19. The van der Waals surface area contributed by atoms with Gasteiger partial charge in [-0.05, 0) is 6.07 Å². The first kappa shape index (κ1) is 9.18. The number of aromatic nitrogens is 1. The summed E-state index contributed by atoms with van der Waals surface area (Å²) in [5.74, 6) is -2.59. The van der Waals surface area contributed by atoms with Gasteiger partial charge in [0.15, 0.2) is 0 Å². The van der Waals surface area contributed by atoms with Crippen molar-refractivity contribution in [3.8, 4) is 0 Å². The summed E-state index contributed by atoms with van der Waals surface area (Å²) in [5.41, 5.74) is 6.74. The molecule has 1 fully saturated rings. The van der Waals surface area contributed by atoms with E-state index < -0.39 is 5.92 Å². The normalized spacial score (nSPS) is 20.0. The standard InChI is InChI=1S/C9H11F2N3/c10-9(11)2-4-14(6-9)8-1-3-13-5-7(8)12/h1,3,5H,2,4,6,12H2. The van der Waals surface area contributed by atoms with Crippen LogP contribution in [0.3, 0.4) is 0 Å². The molecular weight excluding hydrogens is 188 g/mol. The van der Waals surface area contributed by atoms with E-state index in [1.54, 1.807) is 17.2 Å². The molecule has 1 saturated heterocycles. The van der Waals surface area contributed by atoms with E-state index in [4.69, 9.17) is 5.73 Å². The van der Waals surface area contributed by atoms with Crippen molar-refractivity contribution in [1.82, 2.24) is 4.98 Å². The molecule has 0 spiro atoms. The van der Waals surface area contributed by atoms with Gasteiger partial charge in [-0.1, -0.05) is 0 Å². The zero-order chi connectivity index (χ0) is 10.2. The van der Waals surface area contributed by atoms with E-state index in [0.717, 1.165) is 0 Å². The summed E-state index contributed by atoms with van der Waals surface area (Å²) in [6, 6.07) is 1.66. The Morgan fingerprint density at radius 3 is 2.86 bits per heavy atom. The molecule has 76 valence electrons.